The van der Waals surface area contributed by atoms with Gasteiger partial charge in [-0.25, -0.2) is 0 Å². The summed E-state index contributed by atoms with van der Waals surface area (Å²) < 4.78 is 5.55. The SMILES string of the molecule is CCC1S/C(=N/N=C(\C)COc2ccccc2)NC1=O. The first-order valence-corrected chi connectivity index (χ1v) is 7.33. The molecule has 1 fully saturated rings. The predicted octanol–water partition coefficient (Wildman–Crippen LogP) is 2.44. The molecule has 2 rings (SSSR count). The van der Waals surface area contributed by atoms with Crippen LogP contribution in [0.1, 0.15) is 20.3 Å². The minimum atomic E-state index is -0.0511. The van der Waals surface area contributed by atoms with Crippen LogP contribution in [0.4, 0.5) is 0 Å². The number of hydrogen-bond acceptors (Lipinski definition) is 5. The van der Waals surface area contributed by atoms with Crippen LogP contribution in [-0.2, 0) is 4.79 Å². The molecule has 1 heterocycles. The van der Waals surface area contributed by atoms with E-state index >= 15 is 0 Å². The molecule has 1 N–H and O–H groups in total. The highest BCUT2D eigenvalue weighted by Crippen LogP contribution is 2.21. The molecule has 1 amide bonds. The molecule has 20 heavy (non-hydrogen) atoms. The van der Waals surface area contributed by atoms with Crippen LogP contribution in [0.5, 0.6) is 5.75 Å². The minimum absolute atomic E-state index is 0.00430. The summed E-state index contributed by atoms with van der Waals surface area (Å²) in [4.78, 5) is 11.5. The van der Waals surface area contributed by atoms with E-state index in [-0.39, 0.29) is 11.2 Å². The van der Waals surface area contributed by atoms with Crippen molar-refractivity contribution in [1.82, 2.24) is 5.32 Å². The van der Waals surface area contributed by atoms with Crippen molar-refractivity contribution in [3.8, 4) is 5.75 Å². The molecule has 1 saturated heterocycles. The van der Waals surface area contributed by atoms with E-state index in [4.69, 9.17) is 4.74 Å². The molecule has 0 saturated carbocycles. The van der Waals surface area contributed by atoms with E-state index in [0.29, 0.717) is 11.8 Å². The van der Waals surface area contributed by atoms with Crippen molar-refractivity contribution in [2.75, 3.05) is 6.61 Å². The number of amidine groups is 1. The van der Waals surface area contributed by atoms with Gasteiger partial charge >= 0.3 is 0 Å². The number of ether oxygens (including phenoxy) is 1. The molecule has 1 aromatic carbocycles. The summed E-state index contributed by atoms with van der Waals surface area (Å²) >= 11 is 1.42. The number of nitrogens with one attached hydrogen (secondary N) is 1. The van der Waals surface area contributed by atoms with Crippen LogP contribution >= 0.6 is 11.8 Å². The first kappa shape index (κ1) is 14.6. The second kappa shape index (κ2) is 7.09. The molecule has 0 bridgehead atoms. The number of carbonyl (C=O) groups excluding carboxylic acids is 1. The Kier molecular flexibility index (Phi) is 5.17. The number of rotatable bonds is 5. The molecular formula is C14H17N3O2S. The Hall–Kier alpha value is -1.82. The van der Waals surface area contributed by atoms with E-state index in [2.05, 4.69) is 15.5 Å². The summed E-state index contributed by atoms with van der Waals surface area (Å²) in [6.07, 6.45) is 0.787. The third-order valence-corrected chi connectivity index (χ3v) is 3.89. The maximum atomic E-state index is 11.5. The highest BCUT2D eigenvalue weighted by atomic mass is 32.2. The maximum absolute atomic E-state index is 11.5. The number of amides is 1. The highest BCUT2D eigenvalue weighted by Gasteiger charge is 2.28. The number of hydrogen-bond donors (Lipinski definition) is 1. The average molecular weight is 291 g/mol. The van der Waals surface area contributed by atoms with E-state index in [1.807, 2.05) is 44.2 Å². The molecule has 106 valence electrons. The van der Waals surface area contributed by atoms with Gasteiger partial charge in [-0.05, 0) is 25.5 Å². The molecule has 1 unspecified atom stereocenters. The Bertz CT molecular complexity index is 528. The molecule has 1 aliphatic heterocycles. The lowest BCUT2D eigenvalue weighted by atomic mass is 10.3. The molecule has 1 aliphatic rings. The fourth-order valence-electron chi connectivity index (χ4n) is 1.59. The van der Waals surface area contributed by atoms with Gasteiger partial charge in [0.2, 0.25) is 5.91 Å². The second-order valence-electron chi connectivity index (χ2n) is 4.35. The van der Waals surface area contributed by atoms with Crippen LogP contribution in [0.25, 0.3) is 0 Å². The highest BCUT2D eigenvalue weighted by molar-refractivity contribution is 8.15. The van der Waals surface area contributed by atoms with Crippen molar-refractivity contribution in [3.63, 3.8) is 0 Å². The molecule has 0 spiro atoms. The van der Waals surface area contributed by atoms with Crippen LogP contribution in [0.2, 0.25) is 0 Å². The molecule has 0 radical (unpaired) electrons. The van der Waals surface area contributed by atoms with Crippen molar-refractivity contribution < 1.29 is 9.53 Å². The lowest BCUT2D eigenvalue weighted by molar-refractivity contribution is -0.118. The molecule has 6 heteroatoms. The molecular weight excluding hydrogens is 274 g/mol. The second-order valence-corrected chi connectivity index (χ2v) is 5.54. The van der Waals surface area contributed by atoms with Gasteiger partial charge in [-0.2, -0.15) is 5.10 Å². The smallest absolute Gasteiger partial charge is 0.239 e. The van der Waals surface area contributed by atoms with E-state index in [1.165, 1.54) is 11.8 Å². The Morgan fingerprint density at radius 3 is 2.80 bits per heavy atom. The minimum Gasteiger partial charge on any atom is -0.488 e. The largest absolute Gasteiger partial charge is 0.488 e. The van der Waals surface area contributed by atoms with Crippen LogP contribution in [-0.4, -0.2) is 28.6 Å². The quantitative estimate of drug-likeness (QED) is 0.669. The standard InChI is InChI=1S/C14H17N3O2S/c1-3-12-13(18)15-14(20-12)17-16-10(2)9-19-11-7-5-4-6-8-11/h4-8,12H,3,9H2,1-2H3,(H,15,17,18)/b16-10+. The zero-order chi connectivity index (χ0) is 14.4. The van der Waals surface area contributed by atoms with Gasteiger partial charge in [0, 0.05) is 0 Å². The number of thioether (sulfide) groups is 1. The molecule has 1 aromatic rings. The lowest BCUT2D eigenvalue weighted by Crippen LogP contribution is -2.24. The van der Waals surface area contributed by atoms with Crippen LogP contribution < -0.4 is 10.1 Å². The van der Waals surface area contributed by atoms with E-state index < -0.39 is 0 Å². The fraction of sp³-hybridized carbons (Fsp3) is 0.357. The summed E-state index contributed by atoms with van der Waals surface area (Å²) in [5.41, 5.74) is 0.746. The number of carbonyl (C=O) groups is 1. The summed E-state index contributed by atoms with van der Waals surface area (Å²) in [6.45, 7) is 4.19. The van der Waals surface area contributed by atoms with Crippen molar-refractivity contribution in [3.05, 3.63) is 30.3 Å². The molecule has 0 aliphatic carbocycles. The third kappa shape index (κ3) is 4.09. The topological polar surface area (TPSA) is 63.1 Å². The van der Waals surface area contributed by atoms with Crippen LogP contribution in [0, 0.1) is 0 Å². The van der Waals surface area contributed by atoms with E-state index in [9.17, 15) is 4.79 Å². The van der Waals surface area contributed by atoms with E-state index in [1.54, 1.807) is 0 Å². The summed E-state index contributed by atoms with van der Waals surface area (Å²) in [7, 11) is 0. The first-order chi connectivity index (χ1) is 9.69. The van der Waals surface area contributed by atoms with Crippen molar-refractivity contribution >= 4 is 28.5 Å². The third-order valence-electron chi connectivity index (χ3n) is 2.65. The first-order valence-electron chi connectivity index (χ1n) is 6.45. The zero-order valence-electron chi connectivity index (χ0n) is 11.5. The Labute approximate surface area is 122 Å². The van der Waals surface area contributed by atoms with Gasteiger partial charge in [0.25, 0.3) is 0 Å². The van der Waals surface area contributed by atoms with Crippen molar-refractivity contribution in [2.24, 2.45) is 10.2 Å². The van der Waals surface area contributed by atoms with Crippen LogP contribution in [0.3, 0.4) is 0 Å². The van der Waals surface area contributed by atoms with Crippen molar-refractivity contribution in [2.45, 2.75) is 25.5 Å². The number of para-hydroxylation sites is 1. The molecule has 1 atom stereocenters. The number of benzene rings is 1. The fourth-order valence-corrected chi connectivity index (χ4v) is 2.43. The maximum Gasteiger partial charge on any atom is 0.239 e. The zero-order valence-corrected chi connectivity index (χ0v) is 12.3. The van der Waals surface area contributed by atoms with Crippen molar-refractivity contribution in [1.29, 1.82) is 0 Å². The van der Waals surface area contributed by atoms with Crippen LogP contribution in [0.15, 0.2) is 40.5 Å². The van der Waals surface area contributed by atoms with Gasteiger partial charge in [0.15, 0.2) is 5.17 Å². The van der Waals surface area contributed by atoms with Gasteiger partial charge in [-0.1, -0.05) is 36.9 Å². The summed E-state index contributed by atoms with van der Waals surface area (Å²) in [6, 6.07) is 9.54. The molecule has 0 aromatic heterocycles. The van der Waals surface area contributed by atoms with Gasteiger partial charge in [0.05, 0.1) is 11.0 Å². The Morgan fingerprint density at radius 2 is 2.15 bits per heavy atom. The Morgan fingerprint density at radius 1 is 1.40 bits per heavy atom. The van der Waals surface area contributed by atoms with Gasteiger partial charge in [0.1, 0.15) is 12.4 Å². The summed E-state index contributed by atoms with van der Waals surface area (Å²) in [5, 5.41) is 11.3. The van der Waals surface area contributed by atoms with Gasteiger partial charge in [-0.15, -0.1) is 5.10 Å². The van der Waals surface area contributed by atoms with Gasteiger partial charge in [-0.3, -0.25) is 4.79 Å². The summed E-state index contributed by atoms with van der Waals surface area (Å²) in [5.74, 6) is 0.800. The lowest BCUT2D eigenvalue weighted by Gasteiger charge is -2.04. The van der Waals surface area contributed by atoms with E-state index in [0.717, 1.165) is 17.9 Å². The van der Waals surface area contributed by atoms with Gasteiger partial charge < -0.3 is 10.1 Å². The molecule has 5 nitrogen and oxygen atoms in total. The average Bonchev–Trinajstić information content (AvgIpc) is 2.84. The predicted molar refractivity (Wildman–Crippen MR) is 82.3 cm³/mol. The Balaban J connectivity index is 1.87. The number of nitrogens with zero attached hydrogens (tertiary/aromatic N) is 2. The monoisotopic (exact) mass is 291 g/mol. The normalized spacial score (nSPS) is 21.1.